The van der Waals surface area contributed by atoms with E-state index in [4.69, 9.17) is 0 Å². The van der Waals surface area contributed by atoms with Gasteiger partial charge >= 0.3 is 0 Å². The van der Waals surface area contributed by atoms with Crippen LogP contribution in [0.4, 0.5) is 5.69 Å². The fourth-order valence-corrected chi connectivity index (χ4v) is 3.03. The van der Waals surface area contributed by atoms with Crippen LogP contribution in [0.15, 0.2) is 73.3 Å². The summed E-state index contributed by atoms with van der Waals surface area (Å²) >= 11 is 0. The molecule has 6 nitrogen and oxygen atoms in total. The standard InChI is InChI=1S/C20H19N5O/c26-14-13-24-15-19(20(23-24)17-5-1-3-9-22-17)25-12-4-2-6-18(25)16-7-10-21-11-8-16/h1-11,15,26H,12-14H2. The average molecular weight is 345 g/mol. The Bertz CT molecular complexity index is 931. The summed E-state index contributed by atoms with van der Waals surface area (Å²) in [5.74, 6) is 0. The van der Waals surface area contributed by atoms with E-state index in [0.717, 1.165) is 34.9 Å². The van der Waals surface area contributed by atoms with Crippen molar-refractivity contribution in [3.63, 3.8) is 0 Å². The van der Waals surface area contributed by atoms with Crippen molar-refractivity contribution in [2.45, 2.75) is 6.54 Å². The fraction of sp³-hybridized carbons (Fsp3) is 0.150. The summed E-state index contributed by atoms with van der Waals surface area (Å²) in [7, 11) is 0. The Morgan fingerprint density at radius 2 is 1.96 bits per heavy atom. The van der Waals surface area contributed by atoms with Crippen molar-refractivity contribution in [2.24, 2.45) is 0 Å². The number of aliphatic hydroxyl groups is 1. The van der Waals surface area contributed by atoms with E-state index in [9.17, 15) is 5.11 Å². The second kappa shape index (κ2) is 7.33. The highest BCUT2D eigenvalue weighted by Crippen LogP contribution is 2.34. The number of rotatable bonds is 5. The zero-order valence-electron chi connectivity index (χ0n) is 14.2. The largest absolute Gasteiger partial charge is 0.394 e. The van der Waals surface area contributed by atoms with Gasteiger partial charge in [-0.15, -0.1) is 0 Å². The predicted octanol–water partition coefficient (Wildman–Crippen LogP) is 2.75. The highest BCUT2D eigenvalue weighted by molar-refractivity contribution is 5.87. The molecule has 3 aromatic heterocycles. The topological polar surface area (TPSA) is 67.1 Å². The molecule has 0 aromatic carbocycles. The summed E-state index contributed by atoms with van der Waals surface area (Å²) in [5, 5.41) is 14.0. The van der Waals surface area contributed by atoms with Crippen molar-refractivity contribution in [3.05, 3.63) is 78.9 Å². The highest BCUT2D eigenvalue weighted by Gasteiger charge is 2.22. The van der Waals surface area contributed by atoms with E-state index < -0.39 is 0 Å². The van der Waals surface area contributed by atoms with Crippen molar-refractivity contribution in [2.75, 3.05) is 18.1 Å². The van der Waals surface area contributed by atoms with Crippen molar-refractivity contribution in [3.8, 4) is 11.4 Å². The highest BCUT2D eigenvalue weighted by atomic mass is 16.3. The first-order chi connectivity index (χ1) is 12.9. The maximum atomic E-state index is 9.31. The average Bonchev–Trinajstić information content (AvgIpc) is 3.13. The van der Waals surface area contributed by atoms with Gasteiger partial charge in [0.15, 0.2) is 0 Å². The van der Waals surface area contributed by atoms with Crippen LogP contribution >= 0.6 is 0 Å². The van der Waals surface area contributed by atoms with Gasteiger partial charge in [-0.2, -0.15) is 5.10 Å². The van der Waals surface area contributed by atoms with Crippen LogP contribution in [0.25, 0.3) is 17.1 Å². The number of hydrogen-bond donors (Lipinski definition) is 1. The van der Waals surface area contributed by atoms with Crippen LogP contribution in [0.1, 0.15) is 5.56 Å². The van der Waals surface area contributed by atoms with Crippen LogP contribution in [0, 0.1) is 0 Å². The molecule has 0 radical (unpaired) electrons. The number of aliphatic hydroxyl groups excluding tert-OH is 1. The van der Waals surface area contributed by atoms with Crippen molar-refractivity contribution < 1.29 is 5.11 Å². The summed E-state index contributed by atoms with van der Waals surface area (Å²) in [5.41, 5.74) is 4.74. The minimum absolute atomic E-state index is 0.0374. The predicted molar refractivity (Wildman–Crippen MR) is 101 cm³/mol. The van der Waals surface area contributed by atoms with Crippen LogP contribution in [0.5, 0.6) is 0 Å². The summed E-state index contributed by atoms with van der Waals surface area (Å²) in [6, 6.07) is 9.78. The molecule has 130 valence electrons. The molecular weight excluding hydrogens is 326 g/mol. The molecule has 1 aliphatic heterocycles. The lowest BCUT2D eigenvalue weighted by Gasteiger charge is -2.28. The number of hydrogen-bond acceptors (Lipinski definition) is 5. The molecule has 4 heterocycles. The second-order valence-corrected chi connectivity index (χ2v) is 5.89. The van der Waals surface area contributed by atoms with Gasteiger partial charge in [-0.1, -0.05) is 18.2 Å². The fourth-order valence-electron chi connectivity index (χ4n) is 3.03. The maximum Gasteiger partial charge on any atom is 0.134 e. The lowest BCUT2D eigenvalue weighted by molar-refractivity contribution is 0.269. The van der Waals surface area contributed by atoms with Gasteiger partial charge in [0, 0.05) is 42.6 Å². The molecule has 0 unspecified atom stereocenters. The molecule has 1 aliphatic rings. The van der Waals surface area contributed by atoms with Crippen molar-refractivity contribution in [1.82, 2.24) is 19.7 Å². The lowest BCUT2D eigenvalue weighted by atomic mass is 10.1. The summed E-state index contributed by atoms with van der Waals surface area (Å²) in [4.78, 5) is 10.8. The van der Waals surface area contributed by atoms with E-state index in [1.54, 1.807) is 23.3 Å². The van der Waals surface area contributed by atoms with Gasteiger partial charge in [0.2, 0.25) is 0 Å². The van der Waals surface area contributed by atoms with Crippen LogP contribution in [0.2, 0.25) is 0 Å². The van der Waals surface area contributed by atoms with Crippen LogP contribution in [-0.4, -0.2) is 38.0 Å². The molecular formula is C20H19N5O. The van der Waals surface area contributed by atoms with E-state index in [2.05, 4.69) is 38.2 Å². The zero-order valence-corrected chi connectivity index (χ0v) is 14.2. The van der Waals surface area contributed by atoms with Gasteiger partial charge in [0.25, 0.3) is 0 Å². The van der Waals surface area contributed by atoms with E-state index >= 15 is 0 Å². The zero-order chi connectivity index (χ0) is 17.8. The third-order valence-electron chi connectivity index (χ3n) is 4.21. The third-order valence-corrected chi connectivity index (χ3v) is 4.21. The normalized spacial score (nSPS) is 13.7. The smallest absolute Gasteiger partial charge is 0.134 e. The van der Waals surface area contributed by atoms with Gasteiger partial charge in [0.1, 0.15) is 5.69 Å². The second-order valence-electron chi connectivity index (χ2n) is 5.89. The quantitative estimate of drug-likeness (QED) is 0.770. The van der Waals surface area contributed by atoms with Gasteiger partial charge in [-0.25, -0.2) is 0 Å². The summed E-state index contributed by atoms with van der Waals surface area (Å²) in [6.45, 7) is 1.21. The Balaban J connectivity index is 1.81. The summed E-state index contributed by atoms with van der Waals surface area (Å²) in [6.07, 6.45) is 13.6. The van der Waals surface area contributed by atoms with E-state index in [-0.39, 0.29) is 6.61 Å². The van der Waals surface area contributed by atoms with Gasteiger partial charge in [0.05, 0.1) is 24.5 Å². The molecule has 0 aliphatic carbocycles. The minimum atomic E-state index is 0.0374. The number of pyridine rings is 2. The first kappa shape index (κ1) is 16.2. The van der Waals surface area contributed by atoms with E-state index in [0.29, 0.717) is 6.54 Å². The molecule has 0 saturated heterocycles. The SMILES string of the molecule is OCCn1cc(N2CC=CC=C2c2ccncc2)c(-c2ccccn2)n1. The monoisotopic (exact) mass is 345 g/mol. The van der Waals surface area contributed by atoms with E-state index in [1.165, 1.54) is 0 Å². The molecule has 3 aromatic rings. The van der Waals surface area contributed by atoms with E-state index in [1.807, 2.05) is 36.5 Å². The van der Waals surface area contributed by atoms with Gasteiger partial charge < -0.3 is 10.0 Å². The minimum Gasteiger partial charge on any atom is -0.394 e. The third kappa shape index (κ3) is 3.14. The molecule has 0 bridgehead atoms. The number of nitrogens with zero attached hydrogens (tertiary/aromatic N) is 5. The molecule has 6 heteroatoms. The number of allylic oxidation sites excluding steroid dienone is 2. The molecule has 4 rings (SSSR count). The van der Waals surface area contributed by atoms with Gasteiger partial charge in [-0.3, -0.25) is 14.6 Å². The molecule has 0 atom stereocenters. The summed E-state index contributed by atoms with van der Waals surface area (Å²) < 4.78 is 1.77. The Kier molecular flexibility index (Phi) is 4.57. The van der Waals surface area contributed by atoms with Crippen LogP contribution in [0.3, 0.4) is 0 Å². The molecule has 0 saturated carbocycles. The Hall–Kier alpha value is -3.25. The molecule has 0 fully saturated rings. The Labute approximate surface area is 151 Å². The number of anilines is 1. The first-order valence-corrected chi connectivity index (χ1v) is 8.51. The molecule has 0 spiro atoms. The number of aromatic nitrogens is 4. The first-order valence-electron chi connectivity index (χ1n) is 8.51. The van der Waals surface area contributed by atoms with Crippen LogP contribution < -0.4 is 4.90 Å². The Morgan fingerprint density at radius 1 is 1.08 bits per heavy atom. The van der Waals surface area contributed by atoms with Gasteiger partial charge in [-0.05, 0) is 30.3 Å². The molecule has 0 amide bonds. The maximum absolute atomic E-state index is 9.31. The molecule has 26 heavy (non-hydrogen) atoms. The Morgan fingerprint density at radius 3 is 2.73 bits per heavy atom. The van der Waals surface area contributed by atoms with Crippen molar-refractivity contribution >= 4 is 11.4 Å². The van der Waals surface area contributed by atoms with Crippen LogP contribution in [-0.2, 0) is 6.54 Å². The van der Waals surface area contributed by atoms with Crippen molar-refractivity contribution in [1.29, 1.82) is 0 Å². The lowest BCUT2D eigenvalue weighted by Crippen LogP contribution is -2.23. The molecule has 1 N–H and O–H groups in total.